The summed E-state index contributed by atoms with van der Waals surface area (Å²) in [5, 5.41) is 32.0. The van der Waals surface area contributed by atoms with Gasteiger partial charge < -0.3 is 15.3 Å². The van der Waals surface area contributed by atoms with Crippen molar-refractivity contribution < 1.29 is 20.0 Å². The molecule has 0 radical (unpaired) electrons. The van der Waals surface area contributed by atoms with E-state index in [1.165, 1.54) is 12.1 Å². The fourth-order valence-corrected chi connectivity index (χ4v) is 2.81. The van der Waals surface area contributed by atoms with E-state index >= 15 is 0 Å². The number of hydrogen-bond donors (Lipinski definition) is 3. The molecule has 0 aliphatic carbocycles. The van der Waals surface area contributed by atoms with Crippen LogP contribution in [0.15, 0.2) is 46.8 Å². The number of quaternary nitrogens is 1. The van der Waals surface area contributed by atoms with Gasteiger partial charge in [-0.2, -0.15) is 10.5 Å². The predicted molar refractivity (Wildman–Crippen MR) is 85.7 cm³/mol. The molecule has 0 spiro atoms. The third-order valence-corrected chi connectivity index (χ3v) is 3.84. The van der Waals surface area contributed by atoms with Gasteiger partial charge in [0.15, 0.2) is 5.69 Å². The zero-order valence-corrected chi connectivity index (χ0v) is 13.7. The van der Waals surface area contributed by atoms with Crippen molar-refractivity contribution >= 4 is 11.7 Å². The maximum atomic E-state index is 12.4. The Kier molecular flexibility index (Phi) is 5.36. The summed E-state index contributed by atoms with van der Waals surface area (Å²) in [5.41, 5.74) is 2.58. The molecule has 24 heavy (non-hydrogen) atoms. The molecule has 0 saturated heterocycles. The molecular weight excluding hydrogens is 310 g/mol. The Morgan fingerprint density at radius 2 is 2.17 bits per heavy atom. The van der Waals surface area contributed by atoms with Gasteiger partial charge in [0, 0.05) is 23.5 Å². The van der Waals surface area contributed by atoms with Gasteiger partial charge in [0.2, 0.25) is 0 Å². The molecule has 1 aromatic carbocycles. The molecular formula is C17H19N3O4. The summed E-state index contributed by atoms with van der Waals surface area (Å²) in [4.78, 5) is 12.4. The van der Waals surface area contributed by atoms with Gasteiger partial charge in [0.25, 0.3) is 0 Å². The van der Waals surface area contributed by atoms with Crippen molar-refractivity contribution in [2.45, 2.75) is 26.7 Å². The number of esters is 1. The number of dihydropyridines is 1. The van der Waals surface area contributed by atoms with Gasteiger partial charge in [-0.05, 0) is 26.3 Å². The maximum absolute atomic E-state index is 12.4. The Labute approximate surface area is 140 Å². The molecule has 2 atom stereocenters. The van der Waals surface area contributed by atoms with Crippen LogP contribution in [0.25, 0.3) is 0 Å². The minimum absolute atomic E-state index is 0.0989. The molecule has 0 amide bonds. The summed E-state index contributed by atoms with van der Waals surface area (Å²) in [6.45, 7) is 5.40. The van der Waals surface area contributed by atoms with Crippen LogP contribution in [-0.2, 0) is 9.53 Å². The third kappa shape index (κ3) is 3.31. The van der Waals surface area contributed by atoms with Crippen molar-refractivity contribution in [3.8, 4) is 6.07 Å². The highest BCUT2D eigenvalue weighted by atomic mass is 16.8. The quantitative estimate of drug-likeness (QED) is 0.569. The summed E-state index contributed by atoms with van der Waals surface area (Å²) < 4.78 is 5.12. The molecule has 1 unspecified atom stereocenters. The number of carbonyl (C=O) groups is 1. The first-order chi connectivity index (χ1) is 11.4. The first-order valence-electron chi connectivity index (χ1n) is 7.49. The topological polar surface area (TPSA) is 110 Å². The van der Waals surface area contributed by atoms with Crippen LogP contribution in [0.1, 0.15) is 32.3 Å². The smallest absolute Gasteiger partial charge is 0.336 e. The lowest BCUT2D eigenvalue weighted by Gasteiger charge is -2.28. The van der Waals surface area contributed by atoms with Gasteiger partial charge >= 0.3 is 5.97 Å². The average Bonchev–Trinajstić information content (AvgIpc) is 2.54. The van der Waals surface area contributed by atoms with Crippen LogP contribution in [-0.4, -0.2) is 17.8 Å². The van der Waals surface area contributed by atoms with E-state index in [2.05, 4.69) is 11.4 Å². The van der Waals surface area contributed by atoms with E-state index in [1.54, 1.807) is 32.9 Å². The number of nitrogens with zero attached hydrogens (tertiary/aromatic N) is 1. The zero-order chi connectivity index (χ0) is 17.9. The molecule has 0 saturated carbocycles. The Hall–Kier alpha value is -2.66. The SMILES string of the molecule is CCOC(=O)C1=C(C)NC(C)=C(C#N)[C@H]1c1cccc([NH+]([O-])O)c1. The van der Waals surface area contributed by atoms with E-state index in [9.17, 15) is 20.5 Å². The number of nitriles is 1. The van der Waals surface area contributed by atoms with Crippen LogP contribution in [0, 0.1) is 16.5 Å². The highest BCUT2D eigenvalue weighted by Gasteiger charge is 2.34. The highest BCUT2D eigenvalue weighted by Crippen LogP contribution is 2.38. The van der Waals surface area contributed by atoms with E-state index in [4.69, 9.17) is 4.74 Å². The van der Waals surface area contributed by atoms with E-state index in [0.717, 1.165) is 0 Å². The van der Waals surface area contributed by atoms with Crippen molar-refractivity contribution in [1.82, 2.24) is 5.32 Å². The number of benzene rings is 1. The van der Waals surface area contributed by atoms with Crippen LogP contribution < -0.4 is 10.5 Å². The Balaban J connectivity index is 2.62. The predicted octanol–water partition coefficient (Wildman–Crippen LogP) is 1.41. The van der Waals surface area contributed by atoms with Crippen molar-refractivity contribution in [3.63, 3.8) is 0 Å². The lowest BCUT2D eigenvalue weighted by Crippen LogP contribution is -2.99. The molecule has 2 rings (SSSR count). The first-order valence-corrected chi connectivity index (χ1v) is 7.49. The molecule has 3 N–H and O–H groups in total. The van der Waals surface area contributed by atoms with Crippen molar-refractivity contribution in [1.29, 1.82) is 5.26 Å². The molecule has 0 bridgehead atoms. The van der Waals surface area contributed by atoms with Crippen LogP contribution in [0.3, 0.4) is 0 Å². The summed E-state index contributed by atoms with van der Waals surface area (Å²) in [7, 11) is 0. The molecule has 1 aliphatic heterocycles. The first kappa shape index (κ1) is 17.7. The Morgan fingerprint density at radius 3 is 2.75 bits per heavy atom. The summed E-state index contributed by atoms with van der Waals surface area (Å²) >= 11 is 0. The number of allylic oxidation sites excluding steroid dienone is 3. The second kappa shape index (κ2) is 7.27. The number of carbonyl (C=O) groups excluding carboxylic acids is 1. The van der Waals surface area contributed by atoms with Crippen molar-refractivity contribution in [2.75, 3.05) is 6.61 Å². The minimum atomic E-state index is -1.07. The number of nitrogens with one attached hydrogen (secondary N) is 2. The second-order valence-corrected chi connectivity index (χ2v) is 5.40. The Bertz CT molecular complexity index is 759. The molecule has 7 heteroatoms. The van der Waals surface area contributed by atoms with Gasteiger partial charge in [0.05, 0.1) is 29.7 Å². The fourth-order valence-electron chi connectivity index (χ4n) is 2.81. The van der Waals surface area contributed by atoms with Crippen LogP contribution in [0.4, 0.5) is 5.69 Å². The van der Waals surface area contributed by atoms with E-state index < -0.39 is 17.1 Å². The summed E-state index contributed by atoms with van der Waals surface area (Å²) in [5.74, 6) is -1.18. The summed E-state index contributed by atoms with van der Waals surface area (Å²) in [6.07, 6.45) is 0. The largest absolute Gasteiger partial charge is 0.595 e. The van der Waals surface area contributed by atoms with Gasteiger partial charge in [-0.3, -0.25) is 0 Å². The average molecular weight is 329 g/mol. The zero-order valence-electron chi connectivity index (χ0n) is 13.7. The van der Waals surface area contributed by atoms with Crippen LogP contribution in [0.2, 0.25) is 0 Å². The number of hydrogen-bond acceptors (Lipinski definition) is 6. The molecule has 0 aromatic heterocycles. The molecule has 1 heterocycles. The molecule has 126 valence electrons. The van der Waals surface area contributed by atoms with Crippen LogP contribution >= 0.6 is 0 Å². The number of rotatable bonds is 4. The fraction of sp³-hybridized carbons (Fsp3) is 0.294. The van der Waals surface area contributed by atoms with Gasteiger partial charge in [-0.25, -0.2) is 10.0 Å². The Morgan fingerprint density at radius 1 is 1.46 bits per heavy atom. The molecule has 1 aromatic rings. The van der Waals surface area contributed by atoms with E-state index in [0.29, 0.717) is 28.1 Å². The van der Waals surface area contributed by atoms with Crippen LogP contribution in [0.5, 0.6) is 0 Å². The van der Waals surface area contributed by atoms with Gasteiger partial charge in [-0.15, -0.1) is 0 Å². The van der Waals surface area contributed by atoms with E-state index in [-0.39, 0.29) is 12.3 Å². The molecule has 0 fully saturated rings. The van der Waals surface area contributed by atoms with Crippen molar-refractivity contribution in [2.24, 2.45) is 0 Å². The third-order valence-electron chi connectivity index (χ3n) is 3.84. The lowest BCUT2D eigenvalue weighted by atomic mass is 9.81. The summed E-state index contributed by atoms with van der Waals surface area (Å²) in [6, 6.07) is 8.38. The number of ether oxygens (including phenoxy) is 1. The second-order valence-electron chi connectivity index (χ2n) is 5.40. The molecule has 1 aliphatic rings. The highest BCUT2D eigenvalue weighted by molar-refractivity contribution is 5.93. The van der Waals surface area contributed by atoms with Gasteiger partial charge in [-0.1, -0.05) is 12.1 Å². The minimum Gasteiger partial charge on any atom is -0.595 e. The lowest BCUT2D eigenvalue weighted by molar-refractivity contribution is -0.991. The van der Waals surface area contributed by atoms with E-state index in [1.807, 2.05) is 0 Å². The van der Waals surface area contributed by atoms with Gasteiger partial charge in [0.1, 0.15) is 0 Å². The standard InChI is InChI=1S/C17H19N3O4/c1-4-24-17(21)15-11(3)19-10(2)14(9-18)16(15)12-6-5-7-13(8-12)20(22)23/h5-8,16,19-20,22H,4H2,1-3H3/t16-/m1/s1. The maximum Gasteiger partial charge on any atom is 0.336 e. The molecule has 7 nitrogen and oxygen atoms in total. The normalized spacial score (nSPS) is 18.8. The monoisotopic (exact) mass is 329 g/mol. The van der Waals surface area contributed by atoms with Crippen molar-refractivity contribution in [3.05, 3.63) is 57.6 Å².